The Balaban J connectivity index is 1.86. The zero-order valence-corrected chi connectivity index (χ0v) is 18.6. The van der Waals surface area contributed by atoms with E-state index in [-0.39, 0.29) is 5.04 Å². The Bertz CT molecular complexity index is 557. The van der Waals surface area contributed by atoms with Crippen molar-refractivity contribution in [3.8, 4) is 5.75 Å². The Kier molecular flexibility index (Phi) is 6.43. The SMILES string of the molecule is CC1COc2ccc(Br)cc2N1CCCCO[Si](C)(C)C(C)(C)C. The van der Waals surface area contributed by atoms with Crippen LogP contribution in [0.3, 0.4) is 0 Å². The van der Waals surface area contributed by atoms with E-state index in [1.165, 1.54) is 5.69 Å². The van der Waals surface area contributed by atoms with Gasteiger partial charge in [-0.3, -0.25) is 0 Å². The van der Waals surface area contributed by atoms with Crippen molar-refractivity contribution >= 4 is 29.9 Å². The van der Waals surface area contributed by atoms with E-state index in [9.17, 15) is 0 Å². The topological polar surface area (TPSA) is 21.7 Å². The zero-order valence-electron chi connectivity index (χ0n) is 16.0. The molecule has 0 fully saturated rings. The molecule has 1 atom stereocenters. The summed E-state index contributed by atoms with van der Waals surface area (Å²) in [7, 11) is -1.61. The first-order valence-electron chi connectivity index (χ1n) is 8.95. The third-order valence-corrected chi connectivity index (χ3v) is 10.3. The number of rotatable bonds is 6. The van der Waals surface area contributed by atoms with Crippen LogP contribution in [0.5, 0.6) is 5.75 Å². The largest absolute Gasteiger partial charge is 0.489 e. The summed E-state index contributed by atoms with van der Waals surface area (Å²) < 4.78 is 13.2. The summed E-state index contributed by atoms with van der Waals surface area (Å²) in [6, 6.07) is 6.67. The van der Waals surface area contributed by atoms with Crippen LogP contribution < -0.4 is 9.64 Å². The number of unbranched alkanes of at least 4 members (excludes halogenated alkanes) is 1. The Morgan fingerprint density at radius 1 is 1.29 bits per heavy atom. The highest BCUT2D eigenvalue weighted by Gasteiger charge is 2.36. The summed E-state index contributed by atoms with van der Waals surface area (Å²) in [6.45, 7) is 16.5. The van der Waals surface area contributed by atoms with E-state index >= 15 is 0 Å². The Morgan fingerprint density at radius 3 is 2.67 bits per heavy atom. The smallest absolute Gasteiger partial charge is 0.191 e. The van der Waals surface area contributed by atoms with Crippen molar-refractivity contribution in [2.24, 2.45) is 0 Å². The standard InChI is InChI=1S/C19H32BrNO2Si/c1-15-14-22-18-10-9-16(20)13-17(18)21(15)11-7-8-12-23-24(5,6)19(2,3)4/h9-10,13,15H,7-8,11-12,14H2,1-6H3. The molecule has 136 valence electrons. The maximum absolute atomic E-state index is 6.29. The van der Waals surface area contributed by atoms with E-state index in [0.29, 0.717) is 6.04 Å². The van der Waals surface area contributed by atoms with Crippen LogP contribution in [0.2, 0.25) is 18.1 Å². The van der Waals surface area contributed by atoms with E-state index in [4.69, 9.17) is 9.16 Å². The van der Waals surface area contributed by atoms with Gasteiger partial charge in [-0.15, -0.1) is 0 Å². The second kappa shape index (κ2) is 7.79. The predicted octanol–water partition coefficient (Wildman–Crippen LogP) is 5.84. The molecule has 1 aromatic carbocycles. The number of benzene rings is 1. The van der Waals surface area contributed by atoms with E-state index in [1.807, 2.05) is 6.07 Å². The fourth-order valence-electron chi connectivity index (χ4n) is 2.64. The molecule has 1 unspecified atom stereocenters. The van der Waals surface area contributed by atoms with Gasteiger partial charge in [-0.25, -0.2) is 0 Å². The van der Waals surface area contributed by atoms with Crippen LogP contribution in [-0.4, -0.2) is 34.1 Å². The van der Waals surface area contributed by atoms with Gasteiger partial charge in [0.2, 0.25) is 0 Å². The van der Waals surface area contributed by atoms with Gasteiger partial charge in [-0.05, 0) is 56.1 Å². The Labute approximate surface area is 157 Å². The lowest BCUT2D eigenvalue weighted by Gasteiger charge is -2.37. The summed E-state index contributed by atoms with van der Waals surface area (Å²) in [6.07, 6.45) is 2.25. The molecule has 24 heavy (non-hydrogen) atoms. The van der Waals surface area contributed by atoms with Crippen molar-refractivity contribution in [3.63, 3.8) is 0 Å². The average Bonchev–Trinajstić information content (AvgIpc) is 2.47. The number of anilines is 1. The Morgan fingerprint density at radius 2 is 2.00 bits per heavy atom. The summed E-state index contributed by atoms with van der Waals surface area (Å²) in [5.41, 5.74) is 1.20. The van der Waals surface area contributed by atoms with Crippen molar-refractivity contribution in [2.45, 2.75) is 64.7 Å². The molecule has 5 heteroatoms. The van der Waals surface area contributed by atoms with E-state index in [2.05, 4.69) is 73.8 Å². The quantitative estimate of drug-likeness (QED) is 0.431. The van der Waals surface area contributed by atoms with Crippen molar-refractivity contribution < 1.29 is 9.16 Å². The van der Waals surface area contributed by atoms with Crippen LogP contribution in [0.15, 0.2) is 22.7 Å². The highest BCUT2D eigenvalue weighted by atomic mass is 79.9. The van der Waals surface area contributed by atoms with Gasteiger partial charge in [0.25, 0.3) is 0 Å². The van der Waals surface area contributed by atoms with Gasteiger partial charge < -0.3 is 14.1 Å². The molecule has 2 rings (SSSR count). The fourth-order valence-corrected chi connectivity index (χ4v) is 4.08. The predicted molar refractivity (Wildman–Crippen MR) is 109 cm³/mol. The van der Waals surface area contributed by atoms with Crippen molar-refractivity contribution in [1.29, 1.82) is 0 Å². The minimum absolute atomic E-state index is 0.289. The van der Waals surface area contributed by atoms with E-state index in [1.54, 1.807) is 0 Å². The van der Waals surface area contributed by atoms with Crippen molar-refractivity contribution in [3.05, 3.63) is 22.7 Å². The maximum Gasteiger partial charge on any atom is 0.191 e. The molecular formula is C19H32BrNO2Si. The van der Waals surface area contributed by atoms with Gasteiger partial charge in [0, 0.05) is 17.6 Å². The second-order valence-electron chi connectivity index (χ2n) is 8.28. The summed E-state index contributed by atoms with van der Waals surface area (Å²) in [5, 5.41) is 0.289. The van der Waals surface area contributed by atoms with Gasteiger partial charge in [0.1, 0.15) is 12.4 Å². The number of hydrogen-bond donors (Lipinski definition) is 0. The molecule has 1 aliphatic heterocycles. The fraction of sp³-hybridized carbons (Fsp3) is 0.684. The number of ether oxygens (including phenoxy) is 1. The van der Waals surface area contributed by atoms with E-state index < -0.39 is 8.32 Å². The molecule has 1 aromatic rings. The van der Waals surface area contributed by atoms with Gasteiger partial charge in [0.15, 0.2) is 8.32 Å². The number of fused-ring (bicyclic) bond motifs is 1. The van der Waals surface area contributed by atoms with Gasteiger partial charge >= 0.3 is 0 Å². The lowest BCUT2D eigenvalue weighted by atomic mass is 10.1. The molecule has 0 spiro atoms. The highest BCUT2D eigenvalue weighted by molar-refractivity contribution is 9.10. The summed E-state index contributed by atoms with van der Waals surface area (Å²) in [5.74, 6) is 0.994. The minimum Gasteiger partial charge on any atom is -0.489 e. The maximum atomic E-state index is 6.29. The first-order chi connectivity index (χ1) is 11.1. The highest BCUT2D eigenvalue weighted by Crippen LogP contribution is 2.37. The van der Waals surface area contributed by atoms with Crippen LogP contribution >= 0.6 is 15.9 Å². The van der Waals surface area contributed by atoms with Crippen LogP contribution in [0.25, 0.3) is 0 Å². The van der Waals surface area contributed by atoms with Crippen LogP contribution in [0, 0.1) is 0 Å². The van der Waals surface area contributed by atoms with Crippen LogP contribution in [0.4, 0.5) is 5.69 Å². The first kappa shape index (κ1) is 19.8. The minimum atomic E-state index is -1.61. The molecular weight excluding hydrogens is 382 g/mol. The van der Waals surface area contributed by atoms with Gasteiger partial charge in [-0.2, -0.15) is 0 Å². The van der Waals surface area contributed by atoms with Gasteiger partial charge in [-0.1, -0.05) is 36.7 Å². The van der Waals surface area contributed by atoms with Crippen molar-refractivity contribution in [2.75, 3.05) is 24.7 Å². The molecule has 0 amide bonds. The monoisotopic (exact) mass is 413 g/mol. The molecule has 0 N–H and O–H groups in total. The Hall–Kier alpha value is -0.523. The number of hydrogen-bond acceptors (Lipinski definition) is 3. The molecule has 0 saturated heterocycles. The normalized spacial score (nSPS) is 18.3. The number of nitrogens with zero attached hydrogens (tertiary/aromatic N) is 1. The molecule has 1 aliphatic rings. The summed E-state index contributed by atoms with van der Waals surface area (Å²) in [4.78, 5) is 2.47. The van der Waals surface area contributed by atoms with Crippen LogP contribution in [-0.2, 0) is 4.43 Å². The third-order valence-electron chi connectivity index (χ3n) is 5.30. The summed E-state index contributed by atoms with van der Waals surface area (Å²) >= 11 is 3.57. The molecule has 0 aliphatic carbocycles. The third kappa shape index (κ3) is 4.76. The lowest BCUT2D eigenvalue weighted by Crippen LogP contribution is -2.42. The van der Waals surface area contributed by atoms with Gasteiger partial charge in [0.05, 0.1) is 11.7 Å². The molecule has 3 nitrogen and oxygen atoms in total. The molecule has 0 saturated carbocycles. The van der Waals surface area contributed by atoms with Crippen molar-refractivity contribution in [1.82, 2.24) is 0 Å². The zero-order chi connectivity index (χ0) is 18.0. The van der Waals surface area contributed by atoms with E-state index in [0.717, 1.165) is 42.8 Å². The molecule has 0 radical (unpaired) electrons. The second-order valence-corrected chi connectivity index (χ2v) is 14.0. The van der Waals surface area contributed by atoms with Crippen LogP contribution in [0.1, 0.15) is 40.5 Å². The molecule has 0 aromatic heterocycles. The lowest BCUT2D eigenvalue weighted by molar-refractivity contribution is 0.262. The number of halogens is 1. The average molecular weight is 414 g/mol. The molecule has 1 heterocycles. The molecule has 0 bridgehead atoms. The first-order valence-corrected chi connectivity index (χ1v) is 12.6.